The number of ether oxygens (including phenoxy) is 2. The van der Waals surface area contributed by atoms with E-state index in [1.807, 2.05) is 24.3 Å². The van der Waals surface area contributed by atoms with Crippen LogP contribution in [0.3, 0.4) is 0 Å². The van der Waals surface area contributed by atoms with Gasteiger partial charge in [0.25, 0.3) is 0 Å². The molecule has 0 aliphatic carbocycles. The van der Waals surface area contributed by atoms with Crippen LogP contribution >= 0.6 is 15.8 Å². The Balaban J connectivity index is 1.81. The molecular weight excluding hydrogens is 702 g/mol. The lowest BCUT2D eigenvalue weighted by Crippen LogP contribution is -2.28. The minimum Gasteiger partial charge on any atom is -0.426 e. The number of carbonyl (C=O) groups excluding carboxylic acids is 2. The summed E-state index contributed by atoms with van der Waals surface area (Å²) in [5.74, 6) is 0.0108. The van der Waals surface area contributed by atoms with Crippen LogP contribution in [0.15, 0.2) is 109 Å². The van der Waals surface area contributed by atoms with Gasteiger partial charge in [-0.1, -0.05) is 142 Å². The van der Waals surface area contributed by atoms with Gasteiger partial charge in [-0.3, -0.25) is 9.59 Å². The van der Waals surface area contributed by atoms with Crippen LogP contribution < -0.4 is 41.3 Å². The van der Waals surface area contributed by atoms with Crippen LogP contribution in [-0.4, -0.2) is 11.9 Å². The fourth-order valence-corrected chi connectivity index (χ4v) is 13.3. The molecule has 6 rings (SSSR count). The second-order valence-corrected chi connectivity index (χ2v) is 18.9. The van der Waals surface area contributed by atoms with Crippen molar-refractivity contribution in [2.75, 3.05) is 0 Å². The Morgan fingerprint density at radius 1 is 0.389 bits per heavy atom. The summed E-state index contributed by atoms with van der Waals surface area (Å²) in [4.78, 5) is 25.9. The molecule has 0 N–H and O–H groups in total. The van der Waals surface area contributed by atoms with E-state index in [1.54, 1.807) is 0 Å². The van der Waals surface area contributed by atoms with Gasteiger partial charge in [0.05, 0.1) is 0 Å². The average Bonchev–Trinajstić information content (AvgIpc) is 3.03. The van der Waals surface area contributed by atoms with Crippen molar-refractivity contribution in [3.05, 3.63) is 154 Å². The van der Waals surface area contributed by atoms with Crippen LogP contribution in [0.1, 0.15) is 58.4 Å². The lowest BCUT2D eigenvalue weighted by Gasteiger charge is -2.29. The first-order chi connectivity index (χ1) is 25.7. The Morgan fingerprint density at radius 3 is 0.852 bits per heavy atom. The number of hydrogen-bond donors (Lipinski definition) is 0. The smallest absolute Gasteiger partial charge is 0.308 e. The molecule has 274 valence electrons. The van der Waals surface area contributed by atoms with E-state index >= 15 is 0 Å². The summed E-state index contributed by atoms with van der Waals surface area (Å²) < 4.78 is 12.4. The maximum atomic E-state index is 13.0. The standard InChI is InChI=1S/C48H48O4P2/c1-29-17-30(2)22-39(21-29)53(40-23-31(3)18-32(4)24-40)45-15-11-13-43(51-37(9)49)47(45)48-44(52-38(10)50)14-12-16-46(48)54(41-25-33(5)19-34(6)26-41)42-27-35(7)20-36(8)28-42/h11-28H,1-10H3. The molecule has 0 spiro atoms. The van der Waals surface area contributed by atoms with Gasteiger partial charge in [0, 0.05) is 25.0 Å². The molecule has 6 aromatic rings. The Labute approximate surface area is 323 Å². The largest absolute Gasteiger partial charge is 0.426 e. The molecule has 0 radical (unpaired) electrons. The highest BCUT2D eigenvalue weighted by atomic mass is 31.1. The second kappa shape index (κ2) is 16.2. The first-order valence-corrected chi connectivity index (χ1v) is 20.9. The highest BCUT2D eigenvalue weighted by Gasteiger charge is 2.31. The molecule has 0 unspecified atom stereocenters. The van der Waals surface area contributed by atoms with E-state index in [9.17, 15) is 9.59 Å². The summed E-state index contributed by atoms with van der Waals surface area (Å²) >= 11 is 0. The first-order valence-electron chi connectivity index (χ1n) is 18.2. The van der Waals surface area contributed by atoms with Crippen molar-refractivity contribution >= 4 is 59.6 Å². The van der Waals surface area contributed by atoms with Crippen molar-refractivity contribution in [2.24, 2.45) is 0 Å². The zero-order valence-electron chi connectivity index (χ0n) is 32.9. The molecule has 6 aromatic carbocycles. The van der Waals surface area contributed by atoms with Crippen molar-refractivity contribution < 1.29 is 19.1 Å². The van der Waals surface area contributed by atoms with Gasteiger partial charge in [-0.25, -0.2) is 0 Å². The SMILES string of the molecule is CC(=O)Oc1cccc(P(c2cc(C)cc(C)c2)c2cc(C)cc(C)c2)c1-c1c(OC(C)=O)cccc1P(c1cc(C)cc(C)c1)c1cc(C)cc(C)c1. The topological polar surface area (TPSA) is 52.6 Å². The Kier molecular flexibility index (Phi) is 11.7. The number of benzene rings is 6. The van der Waals surface area contributed by atoms with Crippen molar-refractivity contribution in [1.29, 1.82) is 0 Å². The first kappa shape index (κ1) is 38.8. The summed E-state index contributed by atoms with van der Waals surface area (Å²) in [7, 11) is -2.43. The van der Waals surface area contributed by atoms with Crippen LogP contribution in [0.2, 0.25) is 0 Å². The van der Waals surface area contributed by atoms with Crippen LogP contribution in [0.25, 0.3) is 11.1 Å². The molecule has 0 amide bonds. The molecule has 0 heterocycles. The molecule has 4 nitrogen and oxygen atoms in total. The average molecular weight is 751 g/mol. The lowest BCUT2D eigenvalue weighted by atomic mass is 10.0. The van der Waals surface area contributed by atoms with Gasteiger partial charge in [-0.2, -0.15) is 0 Å². The molecule has 0 saturated carbocycles. The predicted molar refractivity (Wildman–Crippen MR) is 230 cm³/mol. The number of esters is 2. The van der Waals surface area contributed by atoms with Crippen LogP contribution in [-0.2, 0) is 9.59 Å². The van der Waals surface area contributed by atoms with Crippen molar-refractivity contribution in [3.8, 4) is 22.6 Å². The predicted octanol–water partition coefficient (Wildman–Crippen LogP) is 9.19. The molecule has 0 fully saturated rings. The van der Waals surface area contributed by atoms with Crippen LogP contribution in [0.5, 0.6) is 11.5 Å². The van der Waals surface area contributed by atoms with Gasteiger partial charge < -0.3 is 9.47 Å². The summed E-state index contributed by atoms with van der Waals surface area (Å²) in [5.41, 5.74) is 10.9. The van der Waals surface area contributed by atoms with E-state index in [-0.39, 0.29) is 0 Å². The zero-order chi connectivity index (χ0) is 38.8. The Bertz CT molecular complexity index is 2060. The quantitative estimate of drug-likeness (QED) is 0.0841. The van der Waals surface area contributed by atoms with Gasteiger partial charge in [0.15, 0.2) is 0 Å². The molecule has 54 heavy (non-hydrogen) atoms. The highest BCUT2D eigenvalue weighted by molar-refractivity contribution is 7.80. The minimum absolute atomic E-state index is 0.423. The fraction of sp³-hybridized carbons (Fsp3) is 0.208. The number of hydrogen-bond acceptors (Lipinski definition) is 4. The van der Waals surface area contributed by atoms with Gasteiger partial charge in [0.2, 0.25) is 0 Å². The molecule has 0 bridgehead atoms. The molecule has 0 saturated heterocycles. The third-order valence-electron chi connectivity index (χ3n) is 9.11. The monoisotopic (exact) mass is 750 g/mol. The summed E-state index contributed by atoms with van der Waals surface area (Å²) in [6, 6.07) is 39.0. The minimum atomic E-state index is -1.21. The van der Waals surface area contributed by atoms with E-state index in [0.29, 0.717) is 11.5 Å². The highest BCUT2D eigenvalue weighted by Crippen LogP contribution is 2.47. The summed E-state index contributed by atoms with van der Waals surface area (Å²) in [5, 5.41) is 6.76. The van der Waals surface area contributed by atoms with Crippen molar-refractivity contribution in [3.63, 3.8) is 0 Å². The summed E-state index contributed by atoms with van der Waals surface area (Å²) in [6.07, 6.45) is 0. The third-order valence-corrected chi connectivity index (χ3v) is 13.9. The number of carbonyl (C=O) groups is 2. The third kappa shape index (κ3) is 8.73. The van der Waals surface area contributed by atoms with E-state index in [2.05, 4.69) is 140 Å². The normalized spacial score (nSPS) is 11.3. The maximum absolute atomic E-state index is 13.0. The zero-order valence-corrected chi connectivity index (χ0v) is 34.7. The second-order valence-electron chi connectivity index (χ2n) is 14.5. The van der Waals surface area contributed by atoms with Gasteiger partial charge in [-0.15, -0.1) is 0 Å². The van der Waals surface area contributed by atoms with Crippen LogP contribution in [0.4, 0.5) is 0 Å². The van der Waals surface area contributed by atoms with Crippen LogP contribution in [0, 0.1) is 55.4 Å². The molecule has 0 aliphatic heterocycles. The maximum Gasteiger partial charge on any atom is 0.308 e. The number of rotatable bonds is 9. The Hall–Kier alpha value is -4.88. The van der Waals surface area contributed by atoms with Gasteiger partial charge >= 0.3 is 11.9 Å². The summed E-state index contributed by atoms with van der Waals surface area (Å²) in [6.45, 7) is 20.0. The molecule has 6 heteroatoms. The molecular formula is C48H48O4P2. The van der Waals surface area contributed by atoms with Crippen molar-refractivity contribution in [2.45, 2.75) is 69.2 Å². The molecule has 0 aliphatic rings. The van der Waals surface area contributed by atoms with E-state index in [0.717, 1.165) is 21.7 Å². The molecule has 0 aromatic heterocycles. The molecule has 0 atom stereocenters. The number of aryl methyl sites for hydroxylation is 8. The van der Waals surface area contributed by atoms with Gasteiger partial charge in [-0.05, 0) is 115 Å². The van der Waals surface area contributed by atoms with E-state index < -0.39 is 27.8 Å². The van der Waals surface area contributed by atoms with Crippen molar-refractivity contribution in [1.82, 2.24) is 0 Å². The lowest BCUT2D eigenvalue weighted by molar-refractivity contribution is -0.132. The van der Waals surface area contributed by atoms with E-state index in [1.165, 1.54) is 79.6 Å². The fourth-order valence-electron chi connectivity index (χ4n) is 7.57. The Morgan fingerprint density at radius 2 is 0.630 bits per heavy atom. The van der Waals surface area contributed by atoms with E-state index in [4.69, 9.17) is 9.47 Å². The van der Waals surface area contributed by atoms with Gasteiger partial charge in [0.1, 0.15) is 11.5 Å².